The van der Waals surface area contributed by atoms with E-state index >= 15 is 0 Å². The Morgan fingerprint density at radius 1 is 1.26 bits per heavy atom. The number of nitrogens with zero attached hydrogens (tertiary/aromatic N) is 2. The Hall–Kier alpha value is -3.04. The van der Waals surface area contributed by atoms with Crippen LogP contribution in [0.25, 0.3) is 0 Å². The van der Waals surface area contributed by atoms with Crippen LogP contribution in [0.3, 0.4) is 0 Å². The van der Waals surface area contributed by atoms with Gasteiger partial charge in [0.25, 0.3) is 0 Å². The van der Waals surface area contributed by atoms with Crippen molar-refractivity contribution in [2.75, 3.05) is 19.7 Å². The number of allylic oxidation sites excluding steroid dienone is 3. The third-order valence-corrected chi connectivity index (χ3v) is 7.00. The van der Waals surface area contributed by atoms with Gasteiger partial charge in [-0.3, -0.25) is 9.59 Å². The van der Waals surface area contributed by atoms with Crippen molar-refractivity contribution in [1.29, 1.82) is 0 Å². The molecule has 3 atom stereocenters. The Balaban J connectivity index is 1.77. The van der Waals surface area contributed by atoms with Crippen LogP contribution in [0.15, 0.2) is 64.9 Å². The Kier molecular flexibility index (Phi) is 11.0. The van der Waals surface area contributed by atoms with Gasteiger partial charge in [-0.1, -0.05) is 36.5 Å². The largest absolute Gasteiger partial charge is 0.476 e. The molecule has 2 amide bonds. The Labute approximate surface area is 224 Å². The highest BCUT2D eigenvalue weighted by Crippen LogP contribution is 2.33. The number of hydrogen-bond donors (Lipinski definition) is 3. The van der Waals surface area contributed by atoms with Crippen molar-refractivity contribution in [1.82, 2.24) is 10.2 Å². The molecule has 0 spiro atoms. The number of alkyl halides is 1. The normalized spacial score (nSPS) is 32.3. The molecule has 1 saturated heterocycles. The van der Waals surface area contributed by atoms with Crippen LogP contribution < -0.4 is 11.1 Å². The fraction of sp³-hybridized carbons (Fsp3) is 0.552. The summed E-state index contributed by atoms with van der Waals surface area (Å²) in [7, 11) is 0. The molecule has 3 rings (SSSR count). The summed E-state index contributed by atoms with van der Waals surface area (Å²) in [6.07, 6.45) is 12.2. The van der Waals surface area contributed by atoms with Crippen LogP contribution in [0, 0.1) is 0 Å². The summed E-state index contributed by atoms with van der Waals surface area (Å²) in [5.41, 5.74) is 7.96. The van der Waals surface area contributed by atoms with Gasteiger partial charge in [-0.25, -0.2) is 9.38 Å². The van der Waals surface area contributed by atoms with Crippen molar-refractivity contribution >= 4 is 17.7 Å². The van der Waals surface area contributed by atoms with Gasteiger partial charge in [-0.05, 0) is 63.2 Å². The highest BCUT2D eigenvalue weighted by molar-refractivity contribution is 5.87. The van der Waals surface area contributed by atoms with E-state index in [1.54, 1.807) is 36.1 Å². The lowest BCUT2D eigenvalue weighted by Crippen LogP contribution is -2.61. The minimum absolute atomic E-state index is 0.0464. The van der Waals surface area contributed by atoms with E-state index in [1.807, 2.05) is 6.08 Å². The number of nitrogens with one attached hydrogen (secondary N) is 1. The molecule has 1 fully saturated rings. The molecule has 4 N–H and O–H groups in total. The number of fused-ring (bicyclic) bond motifs is 2. The van der Waals surface area contributed by atoms with E-state index in [9.17, 15) is 19.1 Å². The second-order valence-corrected chi connectivity index (χ2v) is 10.2. The number of carbonyl (C=O) groups is 2. The lowest BCUT2D eigenvalue weighted by molar-refractivity contribution is -0.137. The molecule has 3 aliphatic rings. The average molecular weight is 529 g/mol. The molecule has 0 aromatic heterocycles. The van der Waals surface area contributed by atoms with Gasteiger partial charge < -0.3 is 25.8 Å². The molecule has 0 radical (unpaired) electrons. The monoisotopic (exact) mass is 528 g/mol. The lowest BCUT2D eigenvalue weighted by atomic mass is 9.86. The van der Waals surface area contributed by atoms with Crippen molar-refractivity contribution in [2.24, 2.45) is 10.7 Å². The second-order valence-electron chi connectivity index (χ2n) is 10.2. The zero-order valence-electron chi connectivity index (χ0n) is 22.3. The molecule has 38 heavy (non-hydrogen) atoms. The standard InChI is InChI=1S/C29H41FN4O4/c1-21-9-8-14-32-26(36)11-5-3-4-10-22(2)29(31)13-6-7-15-34(29)28(37)20-24-12-16-38-27(33-24)19-23(30)18-25(35)17-21/h5,8-9,11-12,17,23,25,35H,2-4,6-7,10,13-16,18-20,31H2,1H3,(H,32,36)/b9-8+,11-5+,21-17+/t23?,25-,29?/m0/s1. The maximum atomic E-state index is 14.7. The molecule has 2 unspecified atom stereocenters. The van der Waals surface area contributed by atoms with Crippen LogP contribution in [-0.2, 0) is 14.3 Å². The molecular formula is C29H41FN4O4. The van der Waals surface area contributed by atoms with Crippen LogP contribution >= 0.6 is 0 Å². The van der Waals surface area contributed by atoms with E-state index in [-0.39, 0.29) is 43.6 Å². The van der Waals surface area contributed by atoms with Crippen LogP contribution in [0.2, 0.25) is 0 Å². The highest BCUT2D eigenvalue weighted by atomic mass is 19.1. The molecule has 2 bridgehead atoms. The van der Waals surface area contributed by atoms with Crippen LogP contribution in [-0.4, -0.2) is 65.4 Å². The molecule has 3 aliphatic heterocycles. The summed E-state index contributed by atoms with van der Waals surface area (Å²) in [6, 6.07) is 0. The number of rotatable bonds is 0. The van der Waals surface area contributed by atoms with Gasteiger partial charge >= 0.3 is 0 Å². The second kappa shape index (κ2) is 14.2. The SMILES string of the molecule is C=C1CCC/C=C/C(=O)NC/C=C/C(C)=C/[C@H](O)CC(F)CC2=NC(=CCO2)CC(=O)N2CCCCC12N. The first kappa shape index (κ1) is 29.5. The number of hydrogen-bond acceptors (Lipinski definition) is 6. The number of nitrogens with two attached hydrogens (primary N) is 1. The molecule has 3 heterocycles. The number of aliphatic imine (C=N–C) groups is 1. The number of piperidine rings is 1. The van der Waals surface area contributed by atoms with E-state index in [2.05, 4.69) is 16.9 Å². The summed E-state index contributed by atoms with van der Waals surface area (Å²) < 4.78 is 20.2. The zero-order valence-corrected chi connectivity index (χ0v) is 22.3. The van der Waals surface area contributed by atoms with Crippen LogP contribution in [0.1, 0.15) is 64.7 Å². The predicted octanol–water partition coefficient (Wildman–Crippen LogP) is 3.75. The number of aliphatic hydroxyl groups is 1. The number of aliphatic hydroxyl groups excluding tert-OH is 1. The molecular weight excluding hydrogens is 487 g/mol. The molecule has 0 aromatic rings. The molecule has 0 aromatic carbocycles. The molecule has 8 nitrogen and oxygen atoms in total. The van der Waals surface area contributed by atoms with Crippen molar-refractivity contribution < 1.29 is 23.8 Å². The highest BCUT2D eigenvalue weighted by Gasteiger charge is 2.40. The number of carbonyl (C=O) groups excluding carboxylic acids is 2. The summed E-state index contributed by atoms with van der Waals surface area (Å²) >= 11 is 0. The summed E-state index contributed by atoms with van der Waals surface area (Å²) in [6.45, 7) is 7.12. The first-order valence-electron chi connectivity index (χ1n) is 13.5. The molecule has 0 aliphatic carbocycles. The maximum Gasteiger partial charge on any atom is 0.243 e. The Morgan fingerprint density at radius 3 is 2.89 bits per heavy atom. The summed E-state index contributed by atoms with van der Waals surface area (Å²) in [5, 5.41) is 13.1. The smallest absolute Gasteiger partial charge is 0.243 e. The van der Waals surface area contributed by atoms with E-state index in [0.29, 0.717) is 38.0 Å². The van der Waals surface area contributed by atoms with Gasteiger partial charge in [0.05, 0.1) is 24.6 Å². The van der Waals surface area contributed by atoms with Crippen molar-refractivity contribution in [3.63, 3.8) is 0 Å². The topological polar surface area (TPSA) is 117 Å². The quantitative estimate of drug-likeness (QED) is 0.414. The van der Waals surface area contributed by atoms with Crippen LogP contribution in [0.4, 0.5) is 4.39 Å². The van der Waals surface area contributed by atoms with Gasteiger partial charge in [0.15, 0.2) is 5.90 Å². The third-order valence-electron chi connectivity index (χ3n) is 7.00. The molecule has 208 valence electrons. The van der Waals surface area contributed by atoms with E-state index in [1.165, 1.54) is 6.08 Å². The third kappa shape index (κ3) is 8.77. The van der Waals surface area contributed by atoms with Gasteiger partial charge in [-0.15, -0.1) is 0 Å². The zero-order chi connectivity index (χ0) is 27.5. The van der Waals surface area contributed by atoms with Gasteiger partial charge in [0.1, 0.15) is 18.4 Å². The van der Waals surface area contributed by atoms with Crippen LogP contribution in [0.5, 0.6) is 0 Å². The van der Waals surface area contributed by atoms with Gasteiger partial charge in [0.2, 0.25) is 11.8 Å². The van der Waals surface area contributed by atoms with Crippen molar-refractivity contribution in [2.45, 2.75) is 82.6 Å². The summed E-state index contributed by atoms with van der Waals surface area (Å²) in [5.74, 6) is -0.123. The first-order chi connectivity index (χ1) is 18.2. The van der Waals surface area contributed by atoms with E-state index < -0.39 is 17.9 Å². The summed E-state index contributed by atoms with van der Waals surface area (Å²) in [4.78, 5) is 31.5. The Bertz CT molecular complexity index is 1030. The molecule has 9 heteroatoms. The van der Waals surface area contributed by atoms with E-state index in [4.69, 9.17) is 10.5 Å². The lowest BCUT2D eigenvalue weighted by Gasteiger charge is -2.46. The van der Waals surface area contributed by atoms with Gasteiger partial charge in [-0.2, -0.15) is 0 Å². The van der Waals surface area contributed by atoms with Crippen molar-refractivity contribution in [3.05, 3.63) is 59.9 Å². The minimum Gasteiger partial charge on any atom is -0.476 e. The Morgan fingerprint density at radius 2 is 2.08 bits per heavy atom. The predicted molar refractivity (Wildman–Crippen MR) is 147 cm³/mol. The minimum atomic E-state index is -1.37. The fourth-order valence-corrected chi connectivity index (χ4v) is 4.92. The van der Waals surface area contributed by atoms with E-state index in [0.717, 1.165) is 30.4 Å². The van der Waals surface area contributed by atoms with Crippen molar-refractivity contribution in [3.8, 4) is 0 Å². The number of ether oxygens (including phenoxy) is 1. The average Bonchev–Trinajstić information content (AvgIpc) is 2.86. The first-order valence-corrected chi connectivity index (χ1v) is 13.5. The molecule has 0 saturated carbocycles. The number of halogens is 1. The maximum absolute atomic E-state index is 14.7. The fourth-order valence-electron chi connectivity index (χ4n) is 4.92. The van der Waals surface area contributed by atoms with Gasteiger partial charge in [0, 0.05) is 19.5 Å². The number of amides is 2.